The molecule has 2 aliphatic heterocycles. The number of pyridine rings is 1. The van der Waals surface area contributed by atoms with Gasteiger partial charge in [-0.3, -0.25) is 0 Å². The fraction of sp³-hybridized carbons (Fsp3) is 0.462. The van der Waals surface area contributed by atoms with Gasteiger partial charge in [0.15, 0.2) is 5.58 Å². The van der Waals surface area contributed by atoms with Crippen molar-refractivity contribution < 1.29 is 4.42 Å². The average molecular weight is 249 g/mol. The Bertz CT molecular complexity index is 584. The molecule has 0 saturated carbocycles. The third-order valence-electron chi connectivity index (χ3n) is 4.13. The first kappa shape index (κ1) is 9.92. The highest BCUT2D eigenvalue weighted by molar-refractivity contribution is 6.29. The molecule has 0 aliphatic carbocycles. The van der Waals surface area contributed by atoms with Crippen LogP contribution in [0.5, 0.6) is 0 Å². The summed E-state index contributed by atoms with van der Waals surface area (Å²) in [4.78, 5) is 4.29. The first-order chi connectivity index (χ1) is 8.25. The highest BCUT2D eigenvalue weighted by atomic mass is 35.5. The molecule has 4 rings (SSSR count). The van der Waals surface area contributed by atoms with Gasteiger partial charge in [0.25, 0.3) is 0 Å². The standard InChI is InChI=1S/C13H13ClN2O/c14-12-2-1-10-9(15-12)7-11(17-10)13-5-3-8(16-13)4-6-13/h1-2,7-8,16H,3-6H2. The van der Waals surface area contributed by atoms with E-state index < -0.39 is 0 Å². The molecule has 2 aliphatic rings. The van der Waals surface area contributed by atoms with Crippen LogP contribution in [0.4, 0.5) is 0 Å². The number of nitrogens with one attached hydrogen (secondary N) is 1. The van der Waals surface area contributed by atoms with Crippen LogP contribution in [-0.4, -0.2) is 11.0 Å². The summed E-state index contributed by atoms with van der Waals surface area (Å²) in [5, 5.41) is 4.20. The van der Waals surface area contributed by atoms with Crippen LogP contribution in [0, 0.1) is 0 Å². The maximum atomic E-state index is 5.94. The molecular formula is C13H13ClN2O. The molecule has 4 heterocycles. The van der Waals surface area contributed by atoms with Gasteiger partial charge in [-0.1, -0.05) is 11.6 Å². The molecule has 17 heavy (non-hydrogen) atoms. The monoisotopic (exact) mass is 248 g/mol. The van der Waals surface area contributed by atoms with Gasteiger partial charge in [-0.2, -0.15) is 0 Å². The maximum Gasteiger partial charge on any atom is 0.152 e. The summed E-state index contributed by atoms with van der Waals surface area (Å²) < 4.78 is 5.94. The average Bonchev–Trinajstić information content (AvgIpc) is 3.01. The Morgan fingerprint density at radius 1 is 1.35 bits per heavy atom. The fourth-order valence-electron chi connectivity index (χ4n) is 3.24. The Morgan fingerprint density at radius 2 is 2.18 bits per heavy atom. The molecule has 1 N–H and O–H groups in total. The molecule has 2 aromatic rings. The predicted molar refractivity (Wildman–Crippen MR) is 66.1 cm³/mol. The normalized spacial score (nSPS) is 31.5. The Balaban J connectivity index is 1.86. The van der Waals surface area contributed by atoms with E-state index in [0.717, 1.165) is 16.9 Å². The van der Waals surface area contributed by atoms with Crippen molar-refractivity contribution in [3.63, 3.8) is 0 Å². The van der Waals surface area contributed by atoms with Crippen molar-refractivity contribution in [3.8, 4) is 0 Å². The molecule has 2 bridgehead atoms. The van der Waals surface area contributed by atoms with Crippen LogP contribution in [0.15, 0.2) is 22.6 Å². The molecule has 88 valence electrons. The molecule has 4 heteroatoms. The number of halogens is 1. The van der Waals surface area contributed by atoms with Crippen molar-refractivity contribution >= 4 is 22.7 Å². The quantitative estimate of drug-likeness (QED) is 0.788. The Labute approximate surface area is 104 Å². The minimum atomic E-state index is 0.0673. The highest BCUT2D eigenvalue weighted by Gasteiger charge is 2.47. The van der Waals surface area contributed by atoms with E-state index in [2.05, 4.69) is 10.3 Å². The van der Waals surface area contributed by atoms with Crippen LogP contribution < -0.4 is 5.32 Å². The molecular weight excluding hydrogens is 236 g/mol. The van der Waals surface area contributed by atoms with Gasteiger partial charge in [-0.15, -0.1) is 0 Å². The third kappa shape index (κ3) is 1.36. The van der Waals surface area contributed by atoms with E-state index in [1.165, 1.54) is 25.7 Å². The van der Waals surface area contributed by atoms with Crippen molar-refractivity contribution in [2.24, 2.45) is 0 Å². The summed E-state index contributed by atoms with van der Waals surface area (Å²) in [5.41, 5.74) is 1.76. The molecule has 0 atom stereocenters. The lowest BCUT2D eigenvalue weighted by molar-refractivity contribution is 0.324. The molecule has 0 amide bonds. The minimum Gasteiger partial charge on any atom is -0.457 e. The number of aromatic nitrogens is 1. The smallest absolute Gasteiger partial charge is 0.152 e. The largest absolute Gasteiger partial charge is 0.457 e. The van der Waals surface area contributed by atoms with Crippen LogP contribution in [0.25, 0.3) is 11.1 Å². The summed E-state index contributed by atoms with van der Waals surface area (Å²) >= 11 is 5.90. The summed E-state index contributed by atoms with van der Waals surface area (Å²) in [6, 6.07) is 6.39. The first-order valence-corrected chi connectivity index (χ1v) is 6.47. The van der Waals surface area contributed by atoms with Crippen LogP contribution in [0.1, 0.15) is 31.4 Å². The summed E-state index contributed by atoms with van der Waals surface area (Å²) in [6.07, 6.45) is 4.85. The van der Waals surface area contributed by atoms with E-state index in [0.29, 0.717) is 11.2 Å². The van der Waals surface area contributed by atoms with E-state index in [1.54, 1.807) is 6.07 Å². The second-order valence-electron chi connectivity index (χ2n) is 5.13. The van der Waals surface area contributed by atoms with E-state index in [4.69, 9.17) is 16.0 Å². The number of fused-ring (bicyclic) bond motifs is 3. The SMILES string of the molecule is Clc1ccc2oc(C34CCC(CC3)N4)cc2n1. The number of hydrogen-bond donors (Lipinski definition) is 1. The van der Waals surface area contributed by atoms with Crippen molar-refractivity contribution in [2.45, 2.75) is 37.3 Å². The predicted octanol–water partition coefficient (Wildman–Crippen LogP) is 3.22. The number of furan rings is 1. The van der Waals surface area contributed by atoms with Crippen molar-refractivity contribution in [3.05, 3.63) is 29.1 Å². The van der Waals surface area contributed by atoms with Crippen molar-refractivity contribution in [1.82, 2.24) is 10.3 Å². The van der Waals surface area contributed by atoms with Gasteiger partial charge in [0, 0.05) is 12.1 Å². The fourth-order valence-corrected chi connectivity index (χ4v) is 3.40. The van der Waals surface area contributed by atoms with Crippen molar-refractivity contribution in [2.75, 3.05) is 0 Å². The van der Waals surface area contributed by atoms with Crippen LogP contribution >= 0.6 is 11.6 Å². The Morgan fingerprint density at radius 3 is 2.88 bits per heavy atom. The molecule has 2 fully saturated rings. The van der Waals surface area contributed by atoms with Gasteiger partial charge < -0.3 is 9.73 Å². The van der Waals surface area contributed by atoms with Crippen LogP contribution in [-0.2, 0) is 5.54 Å². The molecule has 2 aromatic heterocycles. The molecule has 0 spiro atoms. The zero-order valence-electron chi connectivity index (χ0n) is 9.37. The molecule has 3 nitrogen and oxygen atoms in total. The summed E-state index contributed by atoms with van der Waals surface area (Å²) in [6.45, 7) is 0. The van der Waals surface area contributed by atoms with Gasteiger partial charge >= 0.3 is 0 Å². The molecule has 0 unspecified atom stereocenters. The topological polar surface area (TPSA) is 38.1 Å². The van der Waals surface area contributed by atoms with Gasteiger partial charge in [0.2, 0.25) is 0 Å². The lowest BCUT2D eigenvalue weighted by atomic mass is 9.86. The summed E-state index contributed by atoms with van der Waals surface area (Å²) in [7, 11) is 0. The molecule has 2 saturated heterocycles. The molecule has 0 radical (unpaired) electrons. The Kier molecular flexibility index (Phi) is 1.89. The second-order valence-corrected chi connectivity index (χ2v) is 5.52. The van der Waals surface area contributed by atoms with E-state index in [9.17, 15) is 0 Å². The van der Waals surface area contributed by atoms with E-state index >= 15 is 0 Å². The first-order valence-electron chi connectivity index (χ1n) is 6.09. The van der Waals surface area contributed by atoms with Crippen molar-refractivity contribution in [1.29, 1.82) is 0 Å². The van der Waals surface area contributed by atoms with Crippen LogP contribution in [0.2, 0.25) is 5.15 Å². The number of hydrogen-bond acceptors (Lipinski definition) is 3. The third-order valence-corrected chi connectivity index (χ3v) is 4.34. The van der Waals surface area contributed by atoms with Gasteiger partial charge in [-0.25, -0.2) is 4.98 Å². The van der Waals surface area contributed by atoms with Gasteiger partial charge in [0.05, 0.1) is 5.54 Å². The van der Waals surface area contributed by atoms with Gasteiger partial charge in [-0.05, 0) is 37.8 Å². The zero-order chi connectivity index (χ0) is 11.5. The lowest BCUT2D eigenvalue weighted by Gasteiger charge is -2.22. The maximum absolute atomic E-state index is 5.94. The number of rotatable bonds is 1. The number of nitrogens with zero attached hydrogens (tertiary/aromatic N) is 1. The second kappa shape index (κ2) is 3.24. The zero-order valence-corrected chi connectivity index (χ0v) is 10.1. The Hall–Kier alpha value is -1.06. The van der Waals surface area contributed by atoms with Gasteiger partial charge in [0.1, 0.15) is 16.4 Å². The van der Waals surface area contributed by atoms with E-state index in [-0.39, 0.29) is 5.54 Å². The van der Waals surface area contributed by atoms with Crippen LogP contribution in [0.3, 0.4) is 0 Å². The molecule has 0 aromatic carbocycles. The minimum absolute atomic E-state index is 0.0673. The highest BCUT2D eigenvalue weighted by Crippen LogP contribution is 2.46. The lowest BCUT2D eigenvalue weighted by Crippen LogP contribution is -2.32. The van der Waals surface area contributed by atoms with E-state index in [1.807, 2.05) is 12.1 Å². The summed E-state index contributed by atoms with van der Waals surface area (Å²) in [5.74, 6) is 1.03.